The number of benzene rings is 1. The molecule has 0 heterocycles. The second kappa shape index (κ2) is 12.4. The molecule has 0 saturated carbocycles. The van der Waals surface area contributed by atoms with Crippen molar-refractivity contribution < 1.29 is 18.6 Å². The summed E-state index contributed by atoms with van der Waals surface area (Å²) >= 11 is 5.93. The summed E-state index contributed by atoms with van der Waals surface area (Å²) in [4.78, 5) is 0. The van der Waals surface area contributed by atoms with Gasteiger partial charge in [0.05, 0.1) is 19.6 Å². The monoisotopic (exact) mass is 440 g/mol. The fourth-order valence-electron chi connectivity index (χ4n) is 2.41. The fraction of sp³-hybridized carbons (Fsp3) is 0.565. The van der Waals surface area contributed by atoms with Crippen molar-refractivity contribution in [2.45, 2.75) is 51.7 Å². The highest BCUT2D eigenvalue weighted by Crippen LogP contribution is 2.36. The van der Waals surface area contributed by atoms with Crippen LogP contribution in [-0.2, 0) is 20.3 Å². The molecule has 0 aliphatic carbocycles. The van der Waals surface area contributed by atoms with E-state index in [1.807, 2.05) is 12.1 Å². The van der Waals surface area contributed by atoms with Crippen molar-refractivity contribution in [3.8, 4) is 5.75 Å². The summed E-state index contributed by atoms with van der Waals surface area (Å²) in [6, 6.07) is 6.16. The average Bonchev–Trinajstić information content (AvgIpc) is 2.67. The molecule has 0 unspecified atom stereocenters. The molecule has 4 nitrogen and oxygen atoms in total. The first-order valence-corrected chi connectivity index (χ1v) is 13.4. The summed E-state index contributed by atoms with van der Waals surface area (Å²) in [6.07, 6.45) is 7.93. The van der Waals surface area contributed by atoms with Gasteiger partial charge in [-0.15, -0.1) is 11.6 Å². The van der Waals surface area contributed by atoms with Crippen molar-refractivity contribution in [1.82, 2.24) is 0 Å². The van der Waals surface area contributed by atoms with E-state index < -0.39 is 8.32 Å². The Hall–Kier alpha value is -1.27. The van der Waals surface area contributed by atoms with E-state index in [9.17, 15) is 0 Å². The maximum atomic E-state index is 6.24. The number of allylic oxidation sites excluding steroid dienone is 2. The van der Waals surface area contributed by atoms with Gasteiger partial charge in [0.15, 0.2) is 15.1 Å². The van der Waals surface area contributed by atoms with Gasteiger partial charge >= 0.3 is 0 Å². The Morgan fingerprint density at radius 2 is 1.90 bits per heavy atom. The molecule has 1 rings (SSSR count). The number of ether oxygens (including phenoxy) is 3. The molecule has 0 bridgehead atoms. The molecule has 0 N–H and O–H groups in total. The third-order valence-corrected chi connectivity index (χ3v) is 10.0. The summed E-state index contributed by atoms with van der Waals surface area (Å²) < 4.78 is 22.0. The van der Waals surface area contributed by atoms with E-state index >= 15 is 0 Å². The molecule has 0 spiro atoms. The summed E-state index contributed by atoms with van der Waals surface area (Å²) in [7, 11) is 1.54. The van der Waals surface area contributed by atoms with Crippen molar-refractivity contribution in [3.05, 3.63) is 47.2 Å². The molecular formula is C23H37ClO4Si. The second-order valence-electron chi connectivity index (χ2n) is 8.43. The fourth-order valence-corrected chi connectivity index (χ4v) is 3.54. The van der Waals surface area contributed by atoms with Gasteiger partial charge in [0.1, 0.15) is 11.5 Å². The van der Waals surface area contributed by atoms with Gasteiger partial charge in [0, 0.05) is 7.11 Å². The van der Waals surface area contributed by atoms with Crippen molar-refractivity contribution in [3.63, 3.8) is 0 Å². The standard InChI is InChI=1S/C23H37ClO4Si/c1-23(2,3)29(6,7)28-15-9-11-19-13-14-21(26-5)16-20(19)10-8-12-22(17-24)27-18-25-4/h9,11-14,16H,8,10,15,17-18H2,1-7H3/b11-9+,22-12+. The molecule has 164 valence electrons. The molecule has 1 aromatic rings. The van der Waals surface area contributed by atoms with Crippen molar-refractivity contribution >= 4 is 26.0 Å². The Kier molecular flexibility index (Phi) is 11.0. The first-order chi connectivity index (χ1) is 13.6. The van der Waals surface area contributed by atoms with Crippen LogP contribution in [0, 0.1) is 0 Å². The molecule has 6 heteroatoms. The molecule has 0 amide bonds. The van der Waals surface area contributed by atoms with Crippen LogP contribution in [-0.4, -0.2) is 41.8 Å². The van der Waals surface area contributed by atoms with E-state index in [1.165, 1.54) is 11.1 Å². The van der Waals surface area contributed by atoms with E-state index in [0.29, 0.717) is 12.5 Å². The molecule has 1 aromatic carbocycles. The Labute approximate surface area is 183 Å². The number of methoxy groups -OCH3 is 2. The zero-order valence-electron chi connectivity index (χ0n) is 19.0. The number of halogens is 1. The van der Waals surface area contributed by atoms with E-state index in [2.05, 4.69) is 58.2 Å². The van der Waals surface area contributed by atoms with Gasteiger partial charge in [-0.1, -0.05) is 39.0 Å². The Morgan fingerprint density at radius 3 is 2.48 bits per heavy atom. The van der Waals surface area contributed by atoms with Gasteiger partial charge in [0.25, 0.3) is 0 Å². The third kappa shape index (κ3) is 8.95. The quantitative estimate of drug-likeness (QED) is 0.163. The lowest BCUT2D eigenvalue weighted by Crippen LogP contribution is -2.40. The number of aryl methyl sites for hydroxylation is 1. The number of hydrogen-bond acceptors (Lipinski definition) is 4. The molecule has 0 aromatic heterocycles. The van der Waals surface area contributed by atoms with E-state index in [0.717, 1.165) is 24.4 Å². The number of alkyl halides is 1. The highest BCUT2D eigenvalue weighted by Gasteiger charge is 2.36. The van der Waals surface area contributed by atoms with Crippen LogP contribution in [0.3, 0.4) is 0 Å². The van der Waals surface area contributed by atoms with E-state index in [4.69, 9.17) is 30.2 Å². The molecule has 0 fully saturated rings. The van der Waals surface area contributed by atoms with Crippen molar-refractivity contribution in [2.75, 3.05) is 33.5 Å². The first kappa shape index (κ1) is 25.8. The molecule has 0 aliphatic heterocycles. The summed E-state index contributed by atoms with van der Waals surface area (Å²) in [5, 5.41) is 0.212. The van der Waals surface area contributed by atoms with Gasteiger partial charge in [-0.2, -0.15) is 0 Å². The Balaban J connectivity index is 2.81. The number of rotatable bonds is 12. The molecule has 0 radical (unpaired) electrons. The van der Waals surface area contributed by atoms with Gasteiger partial charge in [-0.3, -0.25) is 0 Å². The van der Waals surface area contributed by atoms with Crippen LogP contribution >= 0.6 is 11.6 Å². The van der Waals surface area contributed by atoms with Crippen LogP contribution in [0.4, 0.5) is 0 Å². The highest BCUT2D eigenvalue weighted by molar-refractivity contribution is 6.74. The molecule has 0 aliphatic rings. The largest absolute Gasteiger partial charge is 0.497 e. The summed E-state index contributed by atoms with van der Waals surface area (Å²) in [5.74, 6) is 1.92. The lowest BCUT2D eigenvalue weighted by atomic mass is 10.0. The molecule has 29 heavy (non-hydrogen) atoms. The van der Waals surface area contributed by atoms with Crippen LogP contribution in [0.5, 0.6) is 5.75 Å². The Bertz CT molecular complexity index is 678. The van der Waals surface area contributed by atoms with Crippen LogP contribution in [0.1, 0.15) is 38.3 Å². The third-order valence-electron chi connectivity index (χ3n) is 5.27. The number of hydrogen-bond donors (Lipinski definition) is 0. The van der Waals surface area contributed by atoms with Crippen LogP contribution in [0.15, 0.2) is 36.1 Å². The first-order valence-electron chi connectivity index (χ1n) is 9.98. The highest BCUT2D eigenvalue weighted by atomic mass is 35.5. The van der Waals surface area contributed by atoms with Crippen molar-refractivity contribution in [1.29, 1.82) is 0 Å². The topological polar surface area (TPSA) is 36.9 Å². The normalized spacial score (nSPS) is 13.2. The molecular weight excluding hydrogens is 404 g/mol. The smallest absolute Gasteiger partial charge is 0.192 e. The lowest BCUT2D eigenvalue weighted by Gasteiger charge is -2.35. The predicted octanol–water partition coefficient (Wildman–Crippen LogP) is 6.41. The predicted molar refractivity (Wildman–Crippen MR) is 125 cm³/mol. The molecule has 0 saturated heterocycles. The zero-order valence-corrected chi connectivity index (χ0v) is 20.8. The second-order valence-corrected chi connectivity index (χ2v) is 13.5. The van der Waals surface area contributed by atoms with Crippen LogP contribution in [0.2, 0.25) is 18.1 Å². The average molecular weight is 441 g/mol. The van der Waals surface area contributed by atoms with Gasteiger partial charge < -0.3 is 18.6 Å². The van der Waals surface area contributed by atoms with Gasteiger partial charge in [-0.25, -0.2) is 0 Å². The van der Waals surface area contributed by atoms with Crippen LogP contribution < -0.4 is 4.74 Å². The molecule has 0 atom stereocenters. The SMILES string of the molecule is COCO/C(=C/CCc1cc(OC)ccc1/C=C/CO[Si](C)(C)C(C)(C)C)CCl. The minimum Gasteiger partial charge on any atom is -0.497 e. The maximum absolute atomic E-state index is 6.24. The summed E-state index contributed by atoms with van der Waals surface area (Å²) in [5.41, 5.74) is 2.38. The minimum atomic E-state index is -1.74. The lowest BCUT2D eigenvalue weighted by molar-refractivity contribution is 0.00634. The zero-order chi connectivity index (χ0) is 21.9. The van der Waals surface area contributed by atoms with E-state index in [-0.39, 0.29) is 11.8 Å². The van der Waals surface area contributed by atoms with Gasteiger partial charge in [0.2, 0.25) is 0 Å². The summed E-state index contributed by atoms with van der Waals surface area (Å²) in [6.45, 7) is 12.1. The van der Waals surface area contributed by atoms with Gasteiger partial charge in [-0.05, 0) is 60.3 Å². The Morgan fingerprint density at radius 1 is 1.17 bits per heavy atom. The van der Waals surface area contributed by atoms with Crippen molar-refractivity contribution in [2.24, 2.45) is 0 Å². The van der Waals surface area contributed by atoms with Crippen LogP contribution in [0.25, 0.3) is 6.08 Å². The minimum absolute atomic E-state index is 0.208. The maximum Gasteiger partial charge on any atom is 0.192 e. The van der Waals surface area contributed by atoms with E-state index in [1.54, 1.807) is 14.2 Å².